The van der Waals surface area contributed by atoms with Gasteiger partial charge in [-0.05, 0) is 30.0 Å². The van der Waals surface area contributed by atoms with Crippen LogP contribution in [-0.2, 0) is 6.54 Å². The molecule has 1 aromatic carbocycles. The van der Waals surface area contributed by atoms with Crippen molar-refractivity contribution < 1.29 is 4.79 Å². The number of rotatable bonds is 8. The molecule has 0 aliphatic heterocycles. The van der Waals surface area contributed by atoms with E-state index >= 15 is 0 Å². The van der Waals surface area contributed by atoms with Crippen molar-refractivity contribution in [3.63, 3.8) is 0 Å². The maximum absolute atomic E-state index is 12.7. The summed E-state index contributed by atoms with van der Waals surface area (Å²) >= 11 is 1.71. The molecule has 2 aromatic rings. The Morgan fingerprint density at radius 3 is 2.52 bits per heavy atom. The molecule has 0 saturated carbocycles. The van der Waals surface area contributed by atoms with Crippen molar-refractivity contribution in [3.8, 4) is 0 Å². The van der Waals surface area contributed by atoms with Crippen LogP contribution in [0.15, 0.2) is 47.8 Å². The van der Waals surface area contributed by atoms with Gasteiger partial charge in [0.15, 0.2) is 0 Å². The molecular weight excluding hydrogens is 278 g/mol. The molecule has 0 aliphatic carbocycles. The van der Waals surface area contributed by atoms with Gasteiger partial charge in [0.05, 0.1) is 6.54 Å². The maximum atomic E-state index is 12.7. The third kappa shape index (κ3) is 5.01. The van der Waals surface area contributed by atoms with E-state index in [0.717, 1.165) is 25.1 Å². The molecule has 0 bridgehead atoms. The van der Waals surface area contributed by atoms with Crippen molar-refractivity contribution in [2.24, 2.45) is 0 Å². The number of thiophene rings is 1. The summed E-state index contributed by atoms with van der Waals surface area (Å²) in [6, 6.07) is 13.7. The zero-order valence-corrected chi connectivity index (χ0v) is 13.4. The zero-order valence-electron chi connectivity index (χ0n) is 12.6. The van der Waals surface area contributed by atoms with E-state index in [2.05, 4.69) is 18.4 Å². The normalized spacial score (nSPS) is 10.5. The van der Waals surface area contributed by atoms with E-state index in [4.69, 9.17) is 0 Å². The van der Waals surface area contributed by atoms with Crippen LogP contribution in [0.25, 0.3) is 0 Å². The number of carbonyl (C=O) groups is 1. The van der Waals surface area contributed by atoms with Gasteiger partial charge in [0, 0.05) is 17.0 Å². The van der Waals surface area contributed by atoms with Crippen LogP contribution in [0, 0.1) is 0 Å². The molecule has 21 heavy (non-hydrogen) atoms. The molecule has 0 spiro atoms. The molecule has 0 aliphatic rings. The summed E-state index contributed by atoms with van der Waals surface area (Å²) in [5, 5.41) is 2.07. The van der Waals surface area contributed by atoms with Crippen LogP contribution in [0.5, 0.6) is 0 Å². The molecule has 3 heteroatoms. The number of benzene rings is 1. The predicted molar refractivity (Wildman–Crippen MR) is 89.6 cm³/mol. The van der Waals surface area contributed by atoms with E-state index in [0.29, 0.717) is 0 Å². The summed E-state index contributed by atoms with van der Waals surface area (Å²) < 4.78 is 0. The number of carbonyl (C=O) groups excluding carboxylic acids is 1. The highest BCUT2D eigenvalue weighted by Gasteiger charge is 2.15. The third-order valence-electron chi connectivity index (χ3n) is 3.52. The Morgan fingerprint density at radius 2 is 1.86 bits per heavy atom. The highest BCUT2D eigenvalue weighted by atomic mass is 32.1. The Hall–Kier alpha value is -1.61. The van der Waals surface area contributed by atoms with Gasteiger partial charge in [0.2, 0.25) is 0 Å². The fraction of sp³-hybridized carbons (Fsp3) is 0.389. The van der Waals surface area contributed by atoms with Gasteiger partial charge >= 0.3 is 0 Å². The smallest absolute Gasteiger partial charge is 0.254 e. The first kappa shape index (κ1) is 15.8. The number of unbranched alkanes of at least 4 members (excludes halogenated alkanes) is 3. The summed E-state index contributed by atoms with van der Waals surface area (Å²) in [5.41, 5.74) is 0.782. The fourth-order valence-electron chi connectivity index (χ4n) is 2.34. The van der Waals surface area contributed by atoms with E-state index in [1.165, 1.54) is 24.1 Å². The minimum absolute atomic E-state index is 0.139. The summed E-state index contributed by atoms with van der Waals surface area (Å²) in [6.07, 6.45) is 4.74. The monoisotopic (exact) mass is 301 g/mol. The zero-order chi connectivity index (χ0) is 14.9. The molecule has 1 heterocycles. The maximum Gasteiger partial charge on any atom is 0.254 e. The summed E-state index contributed by atoms with van der Waals surface area (Å²) in [4.78, 5) is 15.9. The molecule has 0 N–H and O–H groups in total. The number of nitrogens with zero attached hydrogens (tertiary/aromatic N) is 1. The van der Waals surface area contributed by atoms with Crippen molar-refractivity contribution >= 4 is 17.2 Å². The Bertz CT molecular complexity index is 521. The quantitative estimate of drug-likeness (QED) is 0.630. The van der Waals surface area contributed by atoms with E-state index in [-0.39, 0.29) is 5.91 Å². The highest BCUT2D eigenvalue weighted by molar-refractivity contribution is 7.09. The first-order valence-corrected chi connectivity index (χ1v) is 8.56. The van der Waals surface area contributed by atoms with Crippen molar-refractivity contribution in [2.45, 2.75) is 39.2 Å². The summed E-state index contributed by atoms with van der Waals surface area (Å²) in [5.74, 6) is 0.139. The van der Waals surface area contributed by atoms with Crippen LogP contribution >= 0.6 is 11.3 Å². The topological polar surface area (TPSA) is 20.3 Å². The molecule has 2 rings (SSSR count). The molecular formula is C18H23NOS. The molecule has 2 nitrogen and oxygen atoms in total. The third-order valence-corrected chi connectivity index (χ3v) is 4.38. The number of hydrogen-bond donors (Lipinski definition) is 0. The van der Waals surface area contributed by atoms with E-state index in [1.54, 1.807) is 11.3 Å². The molecule has 0 radical (unpaired) electrons. The van der Waals surface area contributed by atoms with Gasteiger partial charge in [0.25, 0.3) is 5.91 Å². The van der Waals surface area contributed by atoms with Crippen molar-refractivity contribution in [3.05, 3.63) is 58.3 Å². The summed E-state index contributed by atoms with van der Waals surface area (Å²) in [6.45, 7) is 3.77. The SMILES string of the molecule is CCCCCCN(Cc1cccs1)C(=O)c1ccccc1. The molecule has 0 fully saturated rings. The average Bonchev–Trinajstić information content (AvgIpc) is 3.03. The lowest BCUT2D eigenvalue weighted by atomic mass is 10.1. The highest BCUT2D eigenvalue weighted by Crippen LogP contribution is 2.15. The Morgan fingerprint density at radius 1 is 1.05 bits per heavy atom. The average molecular weight is 301 g/mol. The van der Waals surface area contributed by atoms with Gasteiger partial charge in [-0.3, -0.25) is 4.79 Å². The van der Waals surface area contributed by atoms with Crippen LogP contribution in [0.3, 0.4) is 0 Å². The minimum atomic E-state index is 0.139. The minimum Gasteiger partial charge on any atom is -0.334 e. The molecule has 1 aromatic heterocycles. The van der Waals surface area contributed by atoms with Crippen LogP contribution < -0.4 is 0 Å². The first-order chi connectivity index (χ1) is 10.3. The van der Waals surface area contributed by atoms with Gasteiger partial charge < -0.3 is 4.90 Å². The van der Waals surface area contributed by atoms with Crippen molar-refractivity contribution in [2.75, 3.05) is 6.54 Å². The van der Waals surface area contributed by atoms with Crippen molar-refractivity contribution in [1.82, 2.24) is 4.90 Å². The van der Waals surface area contributed by atoms with Gasteiger partial charge in [-0.2, -0.15) is 0 Å². The molecule has 1 amide bonds. The molecule has 0 atom stereocenters. The largest absolute Gasteiger partial charge is 0.334 e. The first-order valence-electron chi connectivity index (χ1n) is 7.68. The van der Waals surface area contributed by atoms with Crippen LogP contribution in [0.1, 0.15) is 47.8 Å². The second-order valence-corrected chi connectivity index (χ2v) is 6.27. The lowest BCUT2D eigenvalue weighted by Gasteiger charge is -2.22. The molecule has 0 saturated heterocycles. The molecule has 0 unspecified atom stereocenters. The fourth-order valence-corrected chi connectivity index (χ4v) is 3.06. The number of hydrogen-bond acceptors (Lipinski definition) is 2. The Balaban J connectivity index is 2.01. The van der Waals surface area contributed by atoms with E-state index in [1.807, 2.05) is 41.3 Å². The molecule has 112 valence electrons. The summed E-state index contributed by atoms with van der Waals surface area (Å²) in [7, 11) is 0. The van der Waals surface area contributed by atoms with Crippen molar-refractivity contribution in [1.29, 1.82) is 0 Å². The lowest BCUT2D eigenvalue weighted by molar-refractivity contribution is 0.0741. The van der Waals surface area contributed by atoms with Crippen LogP contribution in [0.2, 0.25) is 0 Å². The number of amides is 1. The van der Waals surface area contributed by atoms with Gasteiger partial charge in [0.1, 0.15) is 0 Å². The van der Waals surface area contributed by atoms with Gasteiger partial charge in [-0.1, -0.05) is 50.5 Å². The van der Waals surface area contributed by atoms with E-state index in [9.17, 15) is 4.79 Å². The van der Waals surface area contributed by atoms with Gasteiger partial charge in [-0.25, -0.2) is 0 Å². The standard InChI is InChI=1S/C18H23NOS/c1-2-3-4-8-13-19(15-17-12-9-14-21-17)18(20)16-10-6-5-7-11-16/h5-7,9-12,14H,2-4,8,13,15H2,1H3. The second-order valence-electron chi connectivity index (χ2n) is 5.23. The Kier molecular flexibility index (Phi) is 6.48. The predicted octanol–water partition coefficient (Wildman–Crippen LogP) is 4.97. The second kappa shape index (κ2) is 8.63. The van der Waals surface area contributed by atoms with Crippen LogP contribution in [0.4, 0.5) is 0 Å². The lowest BCUT2D eigenvalue weighted by Crippen LogP contribution is -2.31. The van der Waals surface area contributed by atoms with Gasteiger partial charge in [-0.15, -0.1) is 11.3 Å². The van der Waals surface area contributed by atoms with E-state index < -0.39 is 0 Å². The Labute approximate surface area is 131 Å². The van der Waals surface area contributed by atoms with Crippen LogP contribution in [-0.4, -0.2) is 17.4 Å².